The van der Waals surface area contributed by atoms with Crippen molar-refractivity contribution in [2.45, 2.75) is 52.1 Å². The van der Waals surface area contributed by atoms with Crippen LogP contribution in [0.25, 0.3) is 0 Å². The molecule has 0 aliphatic heterocycles. The van der Waals surface area contributed by atoms with Gasteiger partial charge in [-0.05, 0) is 19.8 Å². The van der Waals surface area contributed by atoms with E-state index < -0.39 is 0 Å². The molecule has 1 heterocycles. The predicted octanol–water partition coefficient (Wildman–Crippen LogP) is 2.03. The third-order valence-corrected chi connectivity index (χ3v) is 2.46. The van der Waals surface area contributed by atoms with Gasteiger partial charge < -0.3 is 5.32 Å². The summed E-state index contributed by atoms with van der Waals surface area (Å²) in [6, 6.07) is 0.842. The first-order valence-electron chi connectivity index (χ1n) is 5.39. The maximum atomic E-state index is 4.13. The number of H-pyrrole nitrogens is 1. The van der Waals surface area contributed by atoms with Gasteiger partial charge in [-0.2, -0.15) is 5.10 Å². The number of hydrogen-bond donors (Lipinski definition) is 2. The van der Waals surface area contributed by atoms with Crippen LogP contribution in [0.4, 0.5) is 0 Å². The van der Waals surface area contributed by atoms with Crippen molar-refractivity contribution in [1.82, 2.24) is 20.5 Å². The smallest absolute Gasteiger partial charge is 0.141 e. The molecule has 14 heavy (non-hydrogen) atoms. The zero-order valence-corrected chi connectivity index (χ0v) is 9.25. The molecule has 2 N–H and O–H groups in total. The molecule has 1 aromatic rings. The van der Waals surface area contributed by atoms with Gasteiger partial charge in [0.05, 0.1) is 6.04 Å². The second kappa shape index (κ2) is 5.75. The Morgan fingerprint density at radius 3 is 2.79 bits per heavy atom. The molecule has 0 aliphatic rings. The number of aromatic amines is 1. The SMILES string of the molecule is CCCC(CC)NC(C)c1ncn[nH]1. The van der Waals surface area contributed by atoms with Crippen LogP contribution in [0.2, 0.25) is 0 Å². The number of aromatic nitrogens is 3. The van der Waals surface area contributed by atoms with E-state index in [1.165, 1.54) is 12.8 Å². The Kier molecular flexibility index (Phi) is 4.59. The molecule has 1 rings (SSSR count). The minimum atomic E-state index is 0.258. The standard InChI is InChI=1S/C10H20N4/c1-4-6-9(5-2)13-8(3)10-11-7-12-14-10/h7-9,13H,4-6H2,1-3H3,(H,11,12,14). The summed E-state index contributed by atoms with van der Waals surface area (Å²) in [4.78, 5) is 4.13. The Bertz CT molecular complexity index is 232. The molecule has 4 heteroatoms. The van der Waals surface area contributed by atoms with Gasteiger partial charge in [-0.3, -0.25) is 5.10 Å². The van der Waals surface area contributed by atoms with Gasteiger partial charge >= 0.3 is 0 Å². The van der Waals surface area contributed by atoms with Crippen molar-refractivity contribution in [2.24, 2.45) is 0 Å². The van der Waals surface area contributed by atoms with Crippen LogP contribution in [0.1, 0.15) is 51.9 Å². The van der Waals surface area contributed by atoms with Crippen molar-refractivity contribution in [2.75, 3.05) is 0 Å². The molecule has 0 fully saturated rings. The lowest BCUT2D eigenvalue weighted by Gasteiger charge is -2.20. The molecule has 80 valence electrons. The summed E-state index contributed by atoms with van der Waals surface area (Å²) in [6.45, 7) is 6.53. The van der Waals surface area contributed by atoms with E-state index in [1.807, 2.05) is 0 Å². The van der Waals surface area contributed by atoms with Crippen molar-refractivity contribution >= 4 is 0 Å². The van der Waals surface area contributed by atoms with E-state index in [1.54, 1.807) is 6.33 Å². The largest absolute Gasteiger partial charge is 0.305 e. The van der Waals surface area contributed by atoms with Crippen LogP contribution in [-0.2, 0) is 0 Å². The average Bonchev–Trinajstić information content (AvgIpc) is 2.69. The second-order valence-corrected chi connectivity index (χ2v) is 3.65. The zero-order valence-electron chi connectivity index (χ0n) is 9.25. The quantitative estimate of drug-likeness (QED) is 0.732. The Morgan fingerprint density at radius 2 is 2.29 bits per heavy atom. The molecule has 1 aromatic heterocycles. The van der Waals surface area contributed by atoms with Gasteiger partial charge in [0.25, 0.3) is 0 Å². The topological polar surface area (TPSA) is 53.6 Å². The number of hydrogen-bond acceptors (Lipinski definition) is 3. The van der Waals surface area contributed by atoms with Gasteiger partial charge in [0, 0.05) is 6.04 Å². The first-order chi connectivity index (χ1) is 6.77. The first kappa shape index (κ1) is 11.2. The lowest BCUT2D eigenvalue weighted by Crippen LogP contribution is -2.31. The molecule has 0 bridgehead atoms. The monoisotopic (exact) mass is 196 g/mol. The molecule has 0 saturated heterocycles. The summed E-state index contributed by atoms with van der Waals surface area (Å²) in [7, 11) is 0. The van der Waals surface area contributed by atoms with E-state index in [9.17, 15) is 0 Å². The third-order valence-electron chi connectivity index (χ3n) is 2.46. The normalized spacial score (nSPS) is 15.4. The van der Waals surface area contributed by atoms with Crippen LogP contribution in [0.3, 0.4) is 0 Å². The van der Waals surface area contributed by atoms with Crippen LogP contribution in [0.15, 0.2) is 6.33 Å². The molecule has 0 spiro atoms. The Labute approximate surface area is 85.5 Å². The first-order valence-corrected chi connectivity index (χ1v) is 5.39. The van der Waals surface area contributed by atoms with E-state index in [0.29, 0.717) is 6.04 Å². The van der Waals surface area contributed by atoms with Crippen LogP contribution < -0.4 is 5.32 Å². The average molecular weight is 196 g/mol. The minimum Gasteiger partial charge on any atom is -0.305 e. The van der Waals surface area contributed by atoms with E-state index in [4.69, 9.17) is 0 Å². The van der Waals surface area contributed by atoms with Gasteiger partial charge in [0.2, 0.25) is 0 Å². The molecule has 0 aromatic carbocycles. The summed E-state index contributed by atoms with van der Waals surface area (Å²) < 4.78 is 0. The molecule has 2 unspecified atom stereocenters. The molecule has 4 nitrogen and oxygen atoms in total. The molecular formula is C10H20N4. The number of nitrogens with zero attached hydrogens (tertiary/aromatic N) is 2. The van der Waals surface area contributed by atoms with Crippen LogP contribution in [-0.4, -0.2) is 21.2 Å². The zero-order chi connectivity index (χ0) is 10.4. The third kappa shape index (κ3) is 3.10. The molecule has 0 saturated carbocycles. The van der Waals surface area contributed by atoms with E-state index >= 15 is 0 Å². The van der Waals surface area contributed by atoms with Crippen molar-refractivity contribution in [3.63, 3.8) is 0 Å². The van der Waals surface area contributed by atoms with Crippen molar-refractivity contribution in [3.8, 4) is 0 Å². The van der Waals surface area contributed by atoms with E-state index in [0.717, 1.165) is 12.2 Å². The van der Waals surface area contributed by atoms with Crippen molar-refractivity contribution in [1.29, 1.82) is 0 Å². The Balaban J connectivity index is 2.42. The summed E-state index contributed by atoms with van der Waals surface area (Å²) >= 11 is 0. The maximum Gasteiger partial charge on any atom is 0.141 e. The summed E-state index contributed by atoms with van der Waals surface area (Å²) in [5, 5.41) is 10.3. The minimum absolute atomic E-state index is 0.258. The van der Waals surface area contributed by atoms with E-state index in [2.05, 4.69) is 41.3 Å². The lowest BCUT2D eigenvalue weighted by atomic mass is 10.1. The fraction of sp³-hybridized carbons (Fsp3) is 0.800. The maximum absolute atomic E-state index is 4.13. The molecular weight excluding hydrogens is 176 g/mol. The fourth-order valence-corrected chi connectivity index (χ4v) is 1.61. The summed E-state index contributed by atoms with van der Waals surface area (Å²) in [5.74, 6) is 0.916. The molecule has 2 atom stereocenters. The van der Waals surface area contributed by atoms with Gasteiger partial charge in [0.1, 0.15) is 12.2 Å². The van der Waals surface area contributed by atoms with Gasteiger partial charge in [-0.15, -0.1) is 0 Å². The Hall–Kier alpha value is -0.900. The number of rotatable bonds is 6. The molecule has 0 aliphatic carbocycles. The highest BCUT2D eigenvalue weighted by Gasteiger charge is 2.12. The van der Waals surface area contributed by atoms with Crippen LogP contribution in [0.5, 0.6) is 0 Å². The van der Waals surface area contributed by atoms with Gasteiger partial charge in [-0.1, -0.05) is 20.3 Å². The summed E-state index contributed by atoms with van der Waals surface area (Å²) in [6.07, 6.45) is 5.14. The Morgan fingerprint density at radius 1 is 1.50 bits per heavy atom. The second-order valence-electron chi connectivity index (χ2n) is 3.65. The molecule has 0 radical (unpaired) electrons. The molecule has 0 amide bonds. The fourth-order valence-electron chi connectivity index (χ4n) is 1.61. The van der Waals surface area contributed by atoms with Crippen LogP contribution >= 0.6 is 0 Å². The highest BCUT2D eigenvalue weighted by Crippen LogP contribution is 2.10. The lowest BCUT2D eigenvalue weighted by molar-refractivity contribution is 0.407. The van der Waals surface area contributed by atoms with Crippen molar-refractivity contribution < 1.29 is 0 Å². The predicted molar refractivity (Wildman–Crippen MR) is 56.9 cm³/mol. The summed E-state index contributed by atoms with van der Waals surface area (Å²) in [5.41, 5.74) is 0. The van der Waals surface area contributed by atoms with E-state index in [-0.39, 0.29) is 6.04 Å². The van der Waals surface area contributed by atoms with Gasteiger partial charge in [-0.25, -0.2) is 4.98 Å². The number of nitrogens with one attached hydrogen (secondary N) is 2. The highest BCUT2D eigenvalue weighted by atomic mass is 15.2. The van der Waals surface area contributed by atoms with Crippen molar-refractivity contribution in [3.05, 3.63) is 12.2 Å². The van der Waals surface area contributed by atoms with Crippen LogP contribution in [0, 0.1) is 0 Å². The van der Waals surface area contributed by atoms with Gasteiger partial charge in [0.15, 0.2) is 0 Å². The highest BCUT2D eigenvalue weighted by molar-refractivity contribution is 4.89.